The largest absolute Gasteiger partial charge is 0.467 e. The van der Waals surface area contributed by atoms with Gasteiger partial charge in [-0.15, -0.1) is 23.5 Å². The maximum absolute atomic E-state index is 12.9. The van der Waals surface area contributed by atoms with E-state index in [9.17, 15) is 9.59 Å². The number of benzene rings is 1. The summed E-state index contributed by atoms with van der Waals surface area (Å²) < 4.78 is 10.2. The molecule has 2 aromatic rings. The zero-order valence-electron chi connectivity index (χ0n) is 15.7. The predicted octanol–water partition coefficient (Wildman–Crippen LogP) is 4.23. The smallest absolute Gasteiger partial charge is 0.337 e. The molecular weight excluding hydrogens is 382 g/mol. The van der Waals surface area contributed by atoms with E-state index in [2.05, 4.69) is 0 Å². The summed E-state index contributed by atoms with van der Waals surface area (Å²) in [4.78, 5) is 26.8. The van der Waals surface area contributed by atoms with Crippen molar-refractivity contribution < 1.29 is 18.7 Å². The molecule has 0 radical (unpaired) electrons. The number of rotatable bonds is 6. The highest BCUT2D eigenvalue weighted by Gasteiger charge is 2.42. The third-order valence-electron chi connectivity index (χ3n) is 4.43. The summed E-state index contributed by atoms with van der Waals surface area (Å²) in [7, 11) is 3.12. The van der Waals surface area contributed by atoms with Crippen molar-refractivity contribution in [1.29, 1.82) is 0 Å². The Labute approximate surface area is 167 Å². The summed E-state index contributed by atoms with van der Waals surface area (Å²) in [6.07, 6.45) is 2.52. The lowest BCUT2D eigenvalue weighted by atomic mass is 10.0. The van der Waals surface area contributed by atoms with Crippen LogP contribution in [-0.4, -0.2) is 49.0 Å². The molecular formula is C20H23NO4S2. The van der Waals surface area contributed by atoms with Crippen LogP contribution < -0.4 is 0 Å². The van der Waals surface area contributed by atoms with Crippen LogP contribution in [0.4, 0.5) is 0 Å². The molecule has 7 heteroatoms. The van der Waals surface area contributed by atoms with Gasteiger partial charge >= 0.3 is 5.97 Å². The Morgan fingerprint density at radius 2 is 1.93 bits per heavy atom. The minimum Gasteiger partial charge on any atom is -0.467 e. The highest BCUT2D eigenvalue weighted by molar-refractivity contribution is 8.20. The van der Waals surface area contributed by atoms with Gasteiger partial charge in [-0.05, 0) is 42.3 Å². The Morgan fingerprint density at radius 3 is 2.52 bits per heavy atom. The van der Waals surface area contributed by atoms with E-state index in [0.717, 1.165) is 29.3 Å². The second-order valence-corrected chi connectivity index (χ2v) is 9.19. The molecule has 0 spiro atoms. The second kappa shape index (κ2) is 8.44. The van der Waals surface area contributed by atoms with E-state index in [4.69, 9.17) is 9.15 Å². The quantitative estimate of drug-likeness (QED) is 0.671. The molecule has 1 fully saturated rings. The van der Waals surface area contributed by atoms with Crippen LogP contribution in [0, 0.1) is 0 Å². The van der Waals surface area contributed by atoms with E-state index < -0.39 is 10.0 Å². The van der Waals surface area contributed by atoms with Gasteiger partial charge in [-0.3, -0.25) is 4.79 Å². The first-order chi connectivity index (χ1) is 13.0. The van der Waals surface area contributed by atoms with Gasteiger partial charge in [0.25, 0.3) is 5.91 Å². The number of hydrogen-bond acceptors (Lipinski definition) is 6. The maximum atomic E-state index is 12.9. The number of nitrogens with zero attached hydrogens (tertiary/aromatic N) is 1. The molecule has 1 aliphatic rings. The Bertz CT molecular complexity index is 813. The average Bonchev–Trinajstić information content (AvgIpc) is 3.38. The summed E-state index contributed by atoms with van der Waals surface area (Å²) in [6.45, 7) is 2.68. The van der Waals surface area contributed by atoms with Gasteiger partial charge in [0.15, 0.2) is 0 Å². The fourth-order valence-corrected chi connectivity index (χ4v) is 6.32. The highest BCUT2D eigenvalue weighted by Crippen LogP contribution is 2.56. The van der Waals surface area contributed by atoms with Crippen molar-refractivity contribution >= 4 is 35.4 Å². The predicted molar refractivity (Wildman–Crippen MR) is 109 cm³/mol. The van der Waals surface area contributed by atoms with Crippen molar-refractivity contribution in [2.45, 2.75) is 17.4 Å². The molecule has 27 heavy (non-hydrogen) atoms. The minimum absolute atomic E-state index is 0.105. The molecule has 2 heterocycles. The Kier molecular flexibility index (Phi) is 6.22. The zero-order chi connectivity index (χ0) is 19.4. The highest BCUT2D eigenvalue weighted by atomic mass is 32.2. The van der Waals surface area contributed by atoms with Crippen LogP contribution in [0.25, 0.3) is 0 Å². The number of hydrogen-bond donors (Lipinski definition) is 0. The van der Waals surface area contributed by atoms with E-state index in [-0.39, 0.29) is 5.91 Å². The number of furan rings is 1. The van der Waals surface area contributed by atoms with Crippen LogP contribution in [0.1, 0.15) is 45.4 Å². The first-order valence-electron chi connectivity index (χ1n) is 8.83. The number of thioether (sulfide) groups is 2. The van der Waals surface area contributed by atoms with Crippen LogP contribution in [0.15, 0.2) is 41.0 Å². The van der Waals surface area contributed by atoms with E-state index in [1.165, 1.54) is 7.11 Å². The summed E-state index contributed by atoms with van der Waals surface area (Å²) in [5.74, 6) is 2.19. The molecule has 1 aliphatic heterocycles. The van der Waals surface area contributed by atoms with Crippen molar-refractivity contribution in [3.8, 4) is 0 Å². The lowest BCUT2D eigenvalue weighted by Gasteiger charge is -2.27. The van der Waals surface area contributed by atoms with Crippen LogP contribution in [0.5, 0.6) is 0 Å². The summed E-state index contributed by atoms with van der Waals surface area (Å²) in [5, 5.41) is 0. The fourth-order valence-electron chi connectivity index (χ4n) is 3.16. The van der Waals surface area contributed by atoms with Crippen molar-refractivity contribution in [3.63, 3.8) is 0 Å². The lowest BCUT2D eigenvalue weighted by molar-refractivity contribution is 0.0600. The Hall–Kier alpha value is -1.86. The molecule has 144 valence electrons. The molecule has 0 aliphatic carbocycles. The van der Waals surface area contributed by atoms with Crippen LogP contribution in [-0.2, 0) is 8.82 Å². The van der Waals surface area contributed by atoms with E-state index in [0.29, 0.717) is 17.7 Å². The fraction of sp³-hybridized carbons (Fsp3) is 0.400. The molecule has 0 N–H and O–H groups in total. The molecule has 3 rings (SSSR count). The van der Waals surface area contributed by atoms with Crippen molar-refractivity contribution in [1.82, 2.24) is 4.90 Å². The van der Waals surface area contributed by atoms with E-state index in [1.54, 1.807) is 47.8 Å². The molecule has 0 bridgehead atoms. The van der Waals surface area contributed by atoms with Crippen LogP contribution in [0.3, 0.4) is 0 Å². The third-order valence-corrected chi connectivity index (χ3v) is 7.90. The molecule has 0 atom stereocenters. The van der Waals surface area contributed by atoms with Crippen molar-refractivity contribution in [2.24, 2.45) is 0 Å². The van der Waals surface area contributed by atoms with Crippen molar-refractivity contribution in [2.75, 3.05) is 32.2 Å². The average molecular weight is 406 g/mol. The van der Waals surface area contributed by atoms with E-state index in [1.807, 2.05) is 31.2 Å². The van der Waals surface area contributed by atoms with Gasteiger partial charge in [0, 0.05) is 30.7 Å². The van der Waals surface area contributed by atoms with Gasteiger partial charge in [0.1, 0.15) is 9.84 Å². The summed E-state index contributed by atoms with van der Waals surface area (Å²) >= 11 is 3.52. The number of esters is 1. The van der Waals surface area contributed by atoms with Gasteiger partial charge in [-0.1, -0.05) is 6.92 Å². The van der Waals surface area contributed by atoms with Crippen LogP contribution in [0.2, 0.25) is 0 Å². The topological polar surface area (TPSA) is 59.8 Å². The first kappa shape index (κ1) is 19.9. The lowest BCUT2D eigenvalue weighted by Crippen LogP contribution is -2.28. The molecule has 1 amide bonds. The van der Waals surface area contributed by atoms with Crippen molar-refractivity contribution in [3.05, 3.63) is 59.0 Å². The molecule has 1 saturated heterocycles. The number of carbonyl (C=O) groups is 2. The first-order valence-corrected chi connectivity index (χ1v) is 10.8. The minimum atomic E-state index is -0.466. The monoisotopic (exact) mass is 405 g/mol. The maximum Gasteiger partial charge on any atom is 0.337 e. The van der Waals surface area contributed by atoms with Gasteiger partial charge in [0.05, 0.1) is 18.9 Å². The molecule has 0 unspecified atom stereocenters. The number of carbonyl (C=O) groups excluding carboxylic acids is 2. The van der Waals surface area contributed by atoms with Gasteiger partial charge in [-0.25, -0.2) is 4.79 Å². The summed E-state index contributed by atoms with van der Waals surface area (Å²) in [6, 6.07) is 9.12. The Balaban J connectivity index is 2.12. The number of ether oxygens (including phenoxy) is 1. The zero-order valence-corrected chi connectivity index (χ0v) is 17.3. The molecule has 5 nitrogen and oxygen atoms in total. The number of amides is 1. The SMILES string of the molecule is CCCN(C)C(=O)c1cc(C(=O)OC)cc(C2(c3ccco3)SCCS2)c1. The Morgan fingerprint density at radius 1 is 1.22 bits per heavy atom. The molecule has 1 aromatic carbocycles. The third kappa shape index (κ3) is 3.89. The number of methoxy groups -OCH3 is 1. The van der Waals surface area contributed by atoms with Gasteiger partial charge < -0.3 is 14.1 Å². The van der Waals surface area contributed by atoms with Gasteiger partial charge in [0.2, 0.25) is 0 Å². The van der Waals surface area contributed by atoms with E-state index >= 15 is 0 Å². The normalized spacial score (nSPS) is 15.5. The summed E-state index contributed by atoms with van der Waals surface area (Å²) in [5.41, 5.74) is 1.74. The molecule has 0 saturated carbocycles. The standard InChI is InChI=1S/C20H23NO4S2/c1-4-7-21(2)18(22)14-11-15(19(23)24-3)13-16(12-14)20(26-9-10-27-20)17-6-5-8-25-17/h5-6,8,11-13H,4,7,9-10H2,1-3H3. The van der Waals surface area contributed by atoms with Crippen LogP contribution >= 0.6 is 23.5 Å². The second-order valence-electron chi connectivity index (χ2n) is 6.31. The molecule has 1 aromatic heterocycles. The van der Waals surface area contributed by atoms with Gasteiger partial charge in [-0.2, -0.15) is 0 Å².